The first-order chi connectivity index (χ1) is 7.56. The van der Waals surface area contributed by atoms with E-state index in [-0.39, 0.29) is 0 Å². The number of hydrogen-bond acceptors (Lipinski definition) is 5. The molecule has 0 spiro atoms. The van der Waals surface area contributed by atoms with E-state index in [0.717, 1.165) is 24.0 Å². The van der Waals surface area contributed by atoms with Gasteiger partial charge in [-0.05, 0) is 13.8 Å². The number of nitrogens with one attached hydrogen (secondary N) is 1. The Kier molecular flexibility index (Phi) is 3.44. The molecule has 1 fully saturated rings. The second-order valence-electron chi connectivity index (χ2n) is 4.96. The normalized spacial score (nSPS) is 26.4. The zero-order valence-electron chi connectivity index (χ0n) is 10.4. The van der Waals surface area contributed by atoms with Crippen LogP contribution in [0.5, 0.6) is 0 Å². The number of nitrogens with zero attached hydrogens (tertiary/aromatic N) is 3. The summed E-state index contributed by atoms with van der Waals surface area (Å²) >= 11 is 1.53. The molecule has 0 radical (unpaired) electrons. The first-order valence-corrected chi connectivity index (χ1v) is 6.68. The molecule has 1 aliphatic rings. The number of aromatic nitrogens is 2. The van der Waals surface area contributed by atoms with Crippen LogP contribution >= 0.6 is 11.5 Å². The van der Waals surface area contributed by atoms with Crippen molar-refractivity contribution in [2.75, 3.05) is 18.0 Å². The van der Waals surface area contributed by atoms with E-state index in [4.69, 9.17) is 0 Å². The van der Waals surface area contributed by atoms with Crippen molar-refractivity contribution in [2.24, 2.45) is 0 Å². The van der Waals surface area contributed by atoms with Crippen molar-refractivity contribution >= 4 is 16.7 Å². The van der Waals surface area contributed by atoms with E-state index in [1.54, 1.807) is 0 Å². The predicted molar refractivity (Wildman–Crippen MR) is 68.3 cm³/mol. The summed E-state index contributed by atoms with van der Waals surface area (Å²) in [6.45, 7) is 10.7. The minimum Gasteiger partial charge on any atom is -0.344 e. The second kappa shape index (κ2) is 4.67. The van der Waals surface area contributed by atoms with Crippen LogP contribution in [0.4, 0.5) is 5.13 Å². The monoisotopic (exact) mass is 240 g/mol. The molecule has 2 atom stereocenters. The highest BCUT2D eigenvalue weighted by Gasteiger charge is 2.23. The largest absolute Gasteiger partial charge is 0.344 e. The Bertz CT molecular complexity index is 340. The minimum atomic E-state index is 0.419. The Morgan fingerprint density at radius 2 is 1.94 bits per heavy atom. The third-order valence-electron chi connectivity index (χ3n) is 2.78. The van der Waals surface area contributed by atoms with Crippen LogP contribution in [-0.2, 0) is 0 Å². The number of piperazine rings is 1. The van der Waals surface area contributed by atoms with Crippen molar-refractivity contribution in [1.29, 1.82) is 0 Å². The molecule has 2 rings (SSSR count). The van der Waals surface area contributed by atoms with Gasteiger partial charge in [-0.3, -0.25) is 0 Å². The molecule has 90 valence electrons. The average molecular weight is 240 g/mol. The van der Waals surface area contributed by atoms with E-state index < -0.39 is 0 Å². The SMILES string of the molecule is CC1CN(c2nc(C(C)C)ns2)CC(C)N1. The van der Waals surface area contributed by atoms with Crippen LogP contribution in [0.3, 0.4) is 0 Å². The van der Waals surface area contributed by atoms with E-state index in [0.29, 0.717) is 18.0 Å². The first-order valence-electron chi connectivity index (χ1n) is 5.91. The lowest BCUT2D eigenvalue weighted by atomic mass is 10.2. The summed E-state index contributed by atoms with van der Waals surface area (Å²) in [7, 11) is 0. The van der Waals surface area contributed by atoms with Crippen molar-refractivity contribution < 1.29 is 0 Å². The second-order valence-corrected chi connectivity index (χ2v) is 5.69. The summed E-state index contributed by atoms with van der Waals surface area (Å²) in [5, 5.41) is 4.60. The van der Waals surface area contributed by atoms with E-state index >= 15 is 0 Å². The number of hydrogen-bond donors (Lipinski definition) is 1. The molecule has 1 aromatic heterocycles. The number of rotatable bonds is 2. The van der Waals surface area contributed by atoms with Crippen LogP contribution < -0.4 is 10.2 Å². The maximum absolute atomic E-state index is 4.61. The Labute approximate surface area is 101 Å². The Hall–Kier alpha value is -0.680. The Morgan fingerprint density at radius 3 is 2.44 bits per heavy atom. The van der Waals surface area contributed by atoms with Gasteiger partial charge in [-0.25, -0.2) is 4.98 Å². The molecule has 4 nitrogen and oxygen atoms in total. The van der Waals surface area contributed by atoms with E-state index in [1.165, 1.54) is 11.5 Å². The summed E-state index contributed by atoms with van der Waals surface area (Å²) in [5.41, 5.74) is 0. The molecular weight excluding hydrogens is 220 g/mol. The highest BCUT2D eigenvalue weighted by Crippen LogP contribution is 2.23. The molecule has 2 heterocycles. The van der Waals surface area contributed by atoms with Gasteiger partial charge < -0.3 is 10.2 Å². The van der Waals surface area contributed by atoms with Gasteiger partial charge in [0.15, 0.2) is 0 Å². The van der Waals surface area contributed by atoms with Crippen molar-refractivity contribution in [3.8, 4) is 0 Å². The maximum Gasteiger partial charge on any atom is 0.205 e. The fourth-order valence-electron chi connectivity index (χ4n) is 2.07. The fourth-order valence-corrected chi connectivity index (χ4v) is 2.90. The lowest BCUT2D eigenvalue weighted by Gasteiger charge is -2.35. The van der Waals surface area contributed by atoms with Crippen LogP contribution in [0, 0.1) is 0 Å². The molecule has 0 amide bonds. The minimum absolute atomic E-state index is 0.419. The maximum atomic E-state index is 4.61. The Morgan fingerprint density at radius 1 is 1.31 bits per heavy atom. The van der Waals surface area contributed by atoms with Gasteiger partial charge in [0, 0.05) is 42.6 Å². The van der Waals surface area contributed by atoms with E-state index in [2.05, 4.69) is 47.3 Å². The molecule has 0 saturated carbocycles. The summed E-state index contributed by atoms with van der Waals surface area (Å²) in [6, 6.07) is 1.05. The Balaban J connectivity index is 2.10. The molecule has 5 heteroatoms. The van der Waals surface area contributed by atoms with Crippen molar-refractivity contribution in [2.45, 2.75) is 45.7 Å². The molecule has 1 aromatic rings. The van der Waals surface area contributed by atoms with Gasteiger partial charge >= 0.3 is 0 Å². The molecular formula is C11H20N4S. The molecule has 1 aliphatic heterocycles. The molecule has 0 aromatic carbocycles. The van der Waals surface area contributed by atoms with Crippen LogP contribution in [0.15, 0.2) is 0 Å². The van der Waals surface area contributed by atoms with Crippen LogP contribution in [0.1, 0.15) is 39.4 Å². The standard InChI is InChI=1S/C11H20N4S/c1-7(2)10-13-11(16-14-10)15-5-8(3)12-9(4)6-15/h7-9,12H,5-6H2,1-4H3. The van der Waals surface area contributed by atoms with Crippen molar-refractivity contribution in [3.05, 3.63) is 5.82 Å². The quantitative estimate of drug-likeness (QED) is 0.856. The summed E-state index contributed by atoms with van der Waals surface area (Å²) in [5.74, 6) is 1.39. The molecule has 0 bridgehead atoms. The average Bonchev–Trinajstić information content (AvgIpc) is 2.64. The lowest BCUT2D eigenvalue weighted by Crippen LogP contribution is -2.54. The van der Waals surface area contributed by atoms with Crippen LogP contribution in [0.25, 0.3) is 0 Å². The number of anilines is 1. The van der Waals surface area contributed by atoms with Crippen LogP contribution in [-0.4, -0.2) is 34.5 Å². The zero-order valence-corrected chi connectivity index (χ0v) is 11.2. The predicted octanol–water partition coefficient (Wildman–Crippen LogP) is 1.85. The van der Waals surface area contributed by atoms with Gasteiger partial charge in [0.25, 0.3) is 0 Å². The highest BCUT2D eigenvalue weighted by atomic mass is 32.1. The fraction of sp³-hybridized carbons (Fsp3) is 0.818. The zero-order chi connectivity index (χ0) is 11.7. The summed E-state index contributed by atoms with van der Waals surface area (Å²) in [6.07, 6.45) is 0. The first kappa shape index (κ1) is 11.8. The van der Waals surface area contributed by atoms with Gasteiger partial charge in [-0.2, -0.15) is 4.37 Å². The summed E-state index contributed by atoms with van der Waals surface area (Å²) < 4.78 is 4.41. The van der Waals surface area contributed by atoms with Crippen LogP contribution in [0.2, 0.25) is 0 Å². The van der Waals surface area contributed by atoms with Gasteiger partial charge in [0.1, 0.15) is 5.82 Å². The third-order valence-corrected chi connectivity index (χ3v) is 3.57. The molecule has 0 aliphatic carbocycles. The van der Waals surface area contributed by atoms with E-state index in [9.17, 15) is 0 Å². The smallest absolute Gasteiger partial charge is 0.205 e. The van der Waals surface area contributed by atoms with E-state index in [1.807, 2.05) is 0 Å². The van der Waals surface area contributed by atoms with Crippen molar-refractivity contribution in [1.82, 2.24) is 14.7 Å². The van der Waals surface area contributed by atoms with Gasteiger partial charge in [-0.1, -0.05) is 13.8 Å². The van der Waals surface area contributed by atoms with Crippen molar-refractivity contribution in [3.63, 3.8) is 0 Å². The van der Waals surface area contributed by atoms with Gasteiger partial charge in [0.2, 0.25) is 5.13 Å². The van der Waals surface area contributed by atoms with Gasteiger partial charge in [0.05, 0.1) is 0 Å². The highest BCUT2D eigenvalue weighted by molar-refractivity contribution is 7.09. The van der Waals surface area contributed by atoms with Gasteiger partial charge in [-0.15, -0.1) is 0 Å². The lowest BCUT2D eigenvalue weighted by molar-refractivity contribution is 0.406. The third kappa shape index (κ3) is 2.52. The molecule has 2 unspecified atom stereocenters. The topological polar surface area (TPSA) is 41.1 Å². The molecule has 16 heavy (non-hydrogen) atoms. The molecule has 1 N–H and O–H groups in total. The molecule has 1 saturated heterocycles. The summed E-state index contributed by atoms with van der Waals surface area (Å²) in [4.78, 5) is 6.95.